The summed E-state index contributed by atoms with van der Waals surface area (Å²) in [7, 11) is 4.22. The molecule has 1 aromatic rings. The van der Waals surface area contributed by atoms with E-state index in [1.807, 2.05) is 0 Å². The highest BCUT2D eigenvalue weighted by Gasteiger charge is 2.39. The monoisotopic (exact) mass is 319 g/mol. The molecule has 0 aliphatic carbocycles. The van der Waals surface area contributed by atoms with Crippen molar-refractivity contribution in [2.75, 3.05) is 21.3 Å². The lowest BCUT2D eigenvalue weighted by Crippen LogP contribution is -2.37. The number of hydrogen-bond donors (Lipinski definition) is 2. The van der Waals surface area contributed by atoms with E-state index in [9.17, 15) is 9.90 Å². The molecule has 3 N–H and O–H groups in total. The Labute approximate surface area is 130 Å². The molecule has 0 aliphatic heterocycles. The molecule has 21 heavy (non-hydrogen) atoms. The van der Waals surface area contributed by atoms with E-state index in [0.717, 1.165) is 0 Å². The molecule has 6 nitrogen and oxygen atoms in total. The average Bonchev–Trinajstić information content (AvgIpc) is 2.44. The van der Waals surface area contributed by atoms with Crippen LogP contribution in [-0.4, -0.2) is 32.4 Å². The van der Waals surface area contributed by atoms with Crippen molar-refractivity contribution < 1.29 is 24.1 Å². The Kier molecular flexibility index (Phi) is 6.79. The number of halogens is 1. The van der Waals surface area contributed by atoms with Crippen LogP contribution in [0.25, 0.3) is 0 Å². The van der Waals surface area contributed by atoms with Crippen molar-refractivity contribution in [3.63, 3.8) is 0 Å². The maximum absolute atomic E-state index is 11.9. The summed E-state index contributed by atoms with van der Waals surface area (Å²) in [6.45, 7) is 3.35. The lowest BCUT2D eigenvalue weighted by Gasteiger charge is -2.30. The zero-order chi connectivity index (χ0) is 15.5. The summed E-state index contributed by atoms with van der Waals surface area (Å²) in [5.41, 5.74) is 5.73. The maximum atomic E-state index is 11.9. The van der Waals surface area contributed by atoms with E-state index in [1.165, 1.54) is 33.5 Å². The van der Waals surface area contributed by atoms with E-state index < -0.39 is 17.4 Å². The van der Waals surface area contributed by atoms with Crippen LogP contribution in [0.1, 0.15) is 25.5 Å². The Balaban J connectivity index is 0.00000400. The highest BCUT2D eigenvalue weighted by molar-refractivity contribution is 5.85. The van der Waals surface area contributed by atoms with Gasteiger partial charge in [-0.05, 0) is 13.8 Å². The van der Waals surface area contributed by atoms with Gasteiger partial charge >= 0.3 is 5.97 Å². The minimum Gasteiger partial charge on any atom is -0.508 e. The van der Waals surface area contributed by atoms with Crippen molar-refractivity contribution >= 4 is 18.4 Å². The van der Waals surface area contributed by atoms with Crippen LogP contribution in [0.4, 0.5) is 0 Å². The summed E-state index contributed by atoms with van der Waals surface area (Å²) in [5, 5.41) is 9.63. The summed E-state index contributed by atoms with van der Waals surface area (Å²) in [6.07, 6.45) is 0. The zero-order valence-corrected chi connectivity index (χ0v) is 13.6. The molecule has 1 atom stereocenters. The van der Waals surface area contributed by atoms with Gasteiger partial charge in [0.25, 0.3) is 0 Å². The Morgan fingerprint density at radius 3 is 1.95 bits per heavy atom. The summed E-state index contributed by atoms with van der Waals surface area (Å²) >= 11 is 0. The van der Waals surface area contributed by atoms with Gasteiger partial charge in [0.15, 0.2) is 0 Å². The Morgan fingerprint density at radius 2 is 1.62 bits per heavy atom. The minimum atomic E-state index is -0.980. The van der Waals surface area contributed by atoms with Crippen LogP contribution in [0.5, 0.6) is 17.2 Å². The van der Waals surface area contributed by atoms with Crippen molar-refractivity contribution in [1.82, 2.24) is 0 Å². The van der Waals surface area contributed by atoms with Crippen LogP contribution < -0.4 is 15.2 Å². The first-order valence-corrected chi connectivity index (χ1v) is 6.08. The van der Waals surface area contributed by atoms with E-state index in [-0.39, 0.29) is 18.2 Å². The highest BCUT2D eigenvalue weighted by atomic mass is 35.5. The number of rotatable bonds is 5. The quantitative estimate of drug-likeness (QED) is 0.807. The molecule has 1 rings (SSSR count). The van der Waals surface area contributed by atoms with E-state index in [0.29, 0.717) is 17.1 Å². The van der Waals surface area contributed by atoms with E-state index in [1.54, 1.807) is 13.8 Å². The van der Waals surface area contributed by atoms with Gasteiger partial charge < -0.3 is 25.1 Å². The molecular formula is C14H22ClNO5. The van der Waals surface area contributed by atoms with Crippen LogP contribution in [-0.2, 0) is 9.53 Å². The molecule has 0 fully saturated rings. The van der Waals surface area contributed by atoms with Gasteiger partial charge in [-0.2, -0.15) is 0 Å². The van der Waals surface area contributed by atoms with Gasteiger partial charge in [-0.15, -0.1) is 12.4 Å². The largest absolute Gasteiger partial charge is 0.508 e. The summed E-state index contributed by atoms with van der Waals surface area (Å²) < 4.78 is 15.2. The Bertz CT molecular complexity index is 479. The third kappa shape index (κ3) is 3.71. The van der Waals surface area contributed by atoms with Crippen LogP contribution in [0.2, 0.25) is 0 Å². The normalized spacial score (nSPS) is 12.1. The predicted molar refractivity (Wildman–Crippen MR) is 81.2 cm³/mol. The van der Waals surface area contributed by atoms with E-state index in [4.69, 9.17) is 19.9 Å². The maximum Gasteiger partial charge on any atom is 0.313 e. The second-order valence-corrected chi connectivity index (χ2v) is 4.95. The summed E-state index contributed by atoms with van der Waals surface area (Å²) in [4.78, 5) is 11.9. The van der Waals surface area contributed by atoms with Gasteiger partial charge in [-0.25, -0.2) is 0 Å². The molecular weight excluding hydrogens is 298 g/mol. The number of hydrogen-bond acceptors (Lipinski definition) is 6. The van der Waals surface area contributed by atoms with Crippen LogP contribution >= 0.6 is 12.4 Å². The predicted octanol–water partition coefficient (Wildman–Crippen LogP) is 2.03. The van der Waals surface area contributed by atoms with Crippen molar-refractivity contribution in [3.8, 4) is 17.2 Å². The zero-order valence-electron chi connectivity index (χ0n) is 12.8. The van der Waals surface area contributed by atoms with Gasteiger partial charge in [0, 0.05) is 12.1 Å². The van der Waals surface area contributed by atoms with Gasteiger partial charge in [-0.3, -0.25) is 4.79 Å². The Hall–Kier alpha value is -1.66. The van der Waals surface area contributed by atoms with Gasteiger partial charge in [-0.1, -0.05) is 0 Å². The number of benzene rings is 1. The summed E-state index contributed by atoms with van der Waals surface area (Å²) in [5.74, 6) is 0.255. The first kappa shape index (κ1) is 19.3. The molecule has 0 radical (unpaired) electrons. The van der Waals surface area contributed by atoms with Gasteiger partial charge in [0.05, 0.1) is 38.3 Å². The molecule has 0 heterocycles. The number of ether oxygens (including phenoxy) is 3. The fraction of sp³-hybridized carbons (Fsp3) is 0.500. The first-order chi connectivity index (χ1) is 9.29. The third-order valence-corrected chi connectivity index (χ3v) is 3.33. The third-order valence-electron chi connectivity index (χ3n) is 3.33. The lowest BCUT2D eigenvalue weighted by molar-refractivity contribution is -0.152. The molecule has 0 saturated heterocycles. The fourth-order valence-electron chi connectivity index (χ4n) is 1.98. The van der Waals surface area contributed by atoms with Crippen molar-refractivity contribution in [2.45, 2.75) is 19.9 Å². The van der Waals surface area contributed by atoms with Gasteiger partial charge in [0.2, 0.25) is 0 Å². The number of aromatic hydroxyl groups is 1. The topological polar surface area (TPSA) is 91.0 Å². The van der Waals surface area contributed by atoms with Crippen LogP contribution in [0.3, 0.4) is 0 Å². The molecule has 0 aromatic heterocycles. The average molecular weight is 320 g/mol. The molecule has 0 unspecified atom stereocenters. The lowest BCUT2D eigenvalue weighted by atomic mass is 9.80. The minimum absolute atomic E-state index is 0. The van der Waals surface area contributed by atoms with Crippen LogP contribution in [0.15, 0.2) is 12.1 Å². The van der Waals surface area contributed by atoms with Gasteiger partial charge in [0.1, 0.15) is 17.2 Å². The molecule has 0 amide bonds. The van der Waals surface area contributed by atoms with E-state index >= 15 is 0 Å². The number of carbonyl (C=O) groups is 1. The second kappa shape index (κ2) is 7.38. The molecule has 0 saturated carbocycles. The first-order valence-electron chi connectivity index (χ1n) is 6.08. The number of phenolic OH excluding ortho intramolecular Hbond substituents is 1. The molecule has 7 heteroatoms. The molecule has 0 bridgehead atoms. The number of methoxy groups -OCH3 is 3. The SMILES string of the molecule is COC(=O)C(C)(C)[C@@H](N)c1c(OC)cc(O)cc1OC.Cl. The van der Waals surface area contributed by atoms with Crippen molar-refractivity contribution in [2.24, 2.45) is 11.1 Å². The van der Waals surface area contributed by atoms with Crippen LogP contribution in [0, 0.1) is 5.41 Å². The summed E-state index contributed by atoms with van der Waals surface area (Å²) in [6, 6.07) is 2.12. The standard InChI is InChI=1S/C14H21NO5.ClH/c1-14(2,13(17)20-5)12(15)11-9(18-3)6-8(16)7-10(11)19-4;/h6-7,12,16H,15H2,1-5H3;1H/t12-;/m0./s1. The fourth-order valence-corrected chi connectivity index (χ4v) is 1.98. The van der Waals surface area contributed by atoms with Crippen molar-refractivity contribution in [3.05, 3.63) is 17.7 Å². The Morgan fingerprint density at radius 1 is 1.19 bits per heavy atom. The molecule has 120 valence electrons. The molecule has 1 aromatic carbocycles. The highest BCUT2D eigenvalue weighted by Crippen LogP contribution is 2.43. The number of esters is 1. The number of carbonyl (C=O) groups excluding carboxylic acids is 1. The second-order valence-electron chi connectivity index (χ2n) is 4.95. The van der Waals surface area contributed by atoms with E-state index in [2.05, 4.69) is 0 Å². The number of phenols is 1. The van der Waals surface area contributed by atoms with Crippen molar-refractivity contribution in [1.29, 1.82) is 0 Å². The smallest absolute Gasteiger partial charge is 0.313 e. The number of nitrogens with two attached hydrogens (primary N) is 1. The molecule has 0 spiro atoms. The molecule has 0 aliphatic rings.